The molecule has 0 radical (unpaired) electrons. The monoisotopic (exact) mass is 409 g/mol. The first-order chi connectivity index (χ1) is 12.6. The lowest BCUT2D eigenvalue weighted by atomic mass is 10.1. The number of carbonyl (C=O) groups is 1. The molecule has 0 aliphatic carbocycles. The van der Waals surface area contributed by atoms with E-state index in [1.54, 1.807) is 18.2 Å². The number of nitrogens with one attached hydrogen (secondary N) is 2. The molecule has 0 fully saturated rings. The van der Waals surface area contributed by atoms with Gasteiger partial charge in [-0.2, -0.15) is 5.10 Å². The molecular formula is C18H12BrN5O2. The minimum atomic E-state index is -0.578. The van der Waals surface area contributed by atoms with E-state index in [0.29, 0.717) is 16.6 Å². The first-order valence-corrected chi connectivity index (χ1v) is 8.48. The molecule has 2 heterocycles. The highest BCUT2D eigenvalue weighted by Crippen LogP contribution is 2.35. The molecular weight excluding hydrogens is 398 g/mol. The van der Waals surface area contributed by atoms with Crippen LogP contribution in [-0.2, 0) is 0 Å². The summed E-state index contributed by atoms with van der Waals surface area (Å²) in [6.07, 6.45) is 0. The second kappa shape index (κ2) is 6.57. The summed E-state index contributed by atoms with van der Waals surface area (Å²) in [7, 11) is 0. The van der Waals surface area contributed by atoms with Crippen LogP contribution >= 0.6 is 15.9 Å². The highest BCUT2D eigenvalue weighted by molar-refractivity contribution is 9.10. The van der Waals surface area contributed by atoms with Gasteiger partial charge in [-0.05, 0) is 24.3 Å². The van der Waals surface area contributed by atoms with Crippen LogP contribution < -0.4 is 0 Å². The Bertz CT molecular complexity index is 1130. The summed E-state index contributed by atoms with van der Waals surface area (Å²) in [6, 6.07) is 16.4. The lowest BCUT2D eigenvalue weighted by Gasteiger charge is -1.95. The summed E-state index contributed by atoms with van der Waals surface area (Å²) in [6.45, 7) is 0. The van der Waals surface area contributed by atoms with Crippen molar-refractivity contribution in [2.45, 2.75) is 0 Å². The van der Waals surface area contributed by atoms with Crippen LogP contribution in [0.15, 0.2) is 69.3 Å². The van der Waals surface area contributed by atoms with Crippen LogP contribution in [0.4, 0.5) is 5.69 Å². The summed E-state index contributed by atoms with van der Waals surface area (Å²) in [5.41, 5.74) is 2.65. The fourth-order valence-electron chi connectivity index (χ4n) is 2.56. The molecule has 0 atom stereocenters. The van der Waals surface area contributed by atoms with E-state index in [2.05, 4.69) is 41.3 Å². The lowest BCUT2D eigenvalue weighted by molar-refractivity contribution is 0.0990. The SMILES string of the molecule is O=C(N=Nc1c(O)[nH]c2ccccc12)c1cc(-c2ccc(Br)cc2)n[nH]1. The highest BCUT2D eigenvalue weighted by atomic mass is 79.9. The number of H-pyrrole nitrogens is 2. The van der Waals surface area contributed by atoms with Gasteiger partial charge in [0, 0.05) is 15.4 Å². The third-order valence-corrected chi connectivity index (χ3v) is 4.38. The van der Waals surface area contributed by atoms with Gasteiger partial charge >= 0.3 is 5.91 Å². The second-order valence-corrected chi connectivity index (χ2v) is 6.46. The van der Waals surface area contributed by atoms with Crippen LogP contribution in [0, 0.1) is 0 Å². The van der Waals surface area contributed by atoms with Gasteiger partial charge in [-0.1, -0.05) is 46.3 Å². The number of hydrogen-bond donors (Lipinski definition) is 3. The quantitative estimate of drug-likeness (QED) is 0.416. The van der Waals surface area contributed by atoms with Crippen LogP contribution in [0.1, 0.15) is 10.5 Å². The molecule has 0 aliphatic rings. The molecule has 4 aromatic rings. The number of amides is 1. The van der Waals surface area contributed by atoms with Gasteiger partial charge in [0.25, 0.3) is 0 Å². The Labute approximate surface area is 155 Å². The first kappa shape index (κ1) is 16.2. The van der Waals surface area contributed by atoms with E-state index >= 15 is 0 Å². The van der Waals surface area contributed by atoms with Gasteiger partial charge in [0.2, 0.25) is 5.88 Å². The van der Waals surface area contributed by atoms with Gasteiger partial charge < -0.3 is 10.1 Å². The van der Waals surface area contributed by atoms with E-state index in [0.717, 1.165) is 10.0 Å². The third-order valence-electron chi connectivity index (χ3n) is 3.85. The van der Waals surface area contributed by atoms with Crippen molar-refractivity contribution in [2.75, 3.05) is 0 Å². The molecule has 0 unspecified atom stereocenters. The molecule has 0 saturated heterocycles. The van der Waals surface area contributed by atoms with Crippen molar-refractivity contribution in [3.05, 3.63) is 64.8 Å². The van der Waals surface area contributed by atoms with Crippen molar-refractivity contribution in [3.8, 4) is 17.1 Å². The number of aromatic nitrogens is 3. The molecule has 3 N–H and O–H groups in total. The number of fused-ring (bicyclic) bond motifs is 1. The van der Waals surface area contributed by atoms with Crippen molar-refractivity contribution >= 4 is 38.4 Å². The number of aromatic hydroxyl groups is 1. The van der Waals surface area contributed by atoms with Crippen molar-refractivity contribution in [3.63, 3.8) is 0 Å². The molecule has 4 rings (SSSR count). The van der Waals surface area contributed by atoms with E-state index in [-0.39, 0.29) is 17.3 Å². The zero-order valence-electron chi connectivity index (χ0n) is 13.3. The van der Waals surface area contributed by atoms with Crippen molar-refractivity contribution in [1.29, 1.82) is 0 Å². The molecule has 26 heavy (non-hydrogen) atoms. The van der Waals surface area contributed by atoms with Crippen LogP contribution in [0.3, 0.4) is 0 Å². The standard InChI is InChI=1S/C18H12BrN5O2/c19-11-7-5-10(6-8-11)14-9-15(22-21-14)17(25)24-23-16-12-3-1-2-4-13(12)20-18(16)26/h1-9,20,26H,(H,21,22). The average molecular weight is 410 g/mol. The molecule has 0 bridgehead atoms. The Kier molecular flexibility index (Phi) is 4.10. The normalized spacial score (nSPS) is 11.4. The zero-order valence-corrected chi connectivity index (χ0v) is 14.9. The van der Waals surface area contributed by atoms with Crippen LogP contribution in [0.25, 0.3) is 22.2 Å². The summed E-state index contributed by atoms with van der Waals surface area (Å²) < 4.78 is 0.959. The number of azo groups is 1. The van der Waals surface area contributed by atoms with Gasteiger partial charge in [-0.15, -0.1) is 10.2 Å². The first-order valence-electron chi connectivity index (χ1n) is 7.69. The van der Waals surface area contributed by atoms with E-state index in [1.807, 2.05) is 36.4 Å². The van der Waals surface area contributed by atoms with Crippen molar-refractivity contribution in [2.24, 2.45) is 10.2 Å². The summed E-state index contributed by atoms with van der Waals surface area (Å²) in [4.78, 5) is 15.0. The number of rotatable bonds is 3. The maximum Gasteiger partial charge on any atom is 0.313 e. The number of benzene rings is 2. The van der Waals surface area contributed by atoms with Gasteiger partial charge in [0.1, 0.15) is 5.69 Å². The fourth-order valence-corrected chi connectivity index (χ4v) is 2.83. The smallest absolute Gasteiger partial charge is 0.313 e. The molecule has 128 valence electrons. The maximum atomic E-state index is 12.3. The predicted octanol–water partition coefficient (Wildman–Crippen LogP) is 4.95. The summed E-state index contributed by atoms with van der Waals surface area (Å²) in [5, 5.41) is 25.0. The van der Waals surface area contributed by atoms with Gasteiger partial charge in [-0.3, -0.25) is 9.89 Å². The average Bonchev–Trinajstić information content (AvgIpc) is 3.25. The maximum absolute atomic E-state index is 12.3. The fraction of sp³-hybridized carbons (Fsp3) is 0. The molecule has 7 nitrogen and oxygen atoms in total. The number of hydrogen-bond acceptors (Lipinski definition) is 4. The number of halogens is 1. The van der Waals surface area contributed by atoms with Crippen molar-refractivity contribution in [1.82, 2.24) is 15.2 Å². The lowest BCUT2D eigenvalue weighted by Crippen LogP contribution is -1.93. The largest absolute Gasteiger partial charge is 0.493 e. The predicted molar refractivity (Wildman–Crippen MR) is 101 cm³/mol. The summed E-state index contributed by atoms with van der Waals surface area (Å²) >= 11 is 3.38. The zero-order chi connectivity index (χ0) is 18.1. The summed E-state index contributed by atoms with van der Waals surface area (Å²) in [5.74, 6) is -0.714. The molecule has 1 amide bonds. The molecule has 0 spiro atoms. The molecule has 2 aromatic carbocycles. The van der Waals surface area contributed by atoms with Gasteiger partial charge in [0.15, 0.2) is 5.69 Å². The number of aromatic amines is 2. The van der Waals surface area contributed by atoms with Crippen LogP contribution in [0.2, 0.25) is 0 Å². The van der Waals surface area contributed by atoms with Crippen LogP contribution in [-0.4, -0.2) is 26.2 Å². The molecule has 2 aromatic heterocycles. The minimum Gasteiger partial charge on any atom is -0.493 e. The Hall–Kier alpha value is -3.26. The third kappa shape index (κ3) is 3.02. The number of para-hydroxylation sites is 1. The van der Waals surface area contributed by atoms with E-state index in [4.69, 9.17) is 0 Å². The van der Waals surface area contributed by atoms with Crippen LogP contribution in [0.5, 0.6) is 5.88 Å². The van der Waals surface area contributed by atoms with E-state index in [9.17, 15) is 9.90 Å². The Morgan fingerprint density at radius 3 is 2.69 bits per heavy atom. The second-order valence-electron chi connectivity index (χ2n) is 5.55. The molecule has 0 aliphatic heterocycles. The topological polar surface area (TPSA) is 106 Å². The Morgan fingerprint density at radius 2 is 1.88 bits per heavy atom. The van der Waals surface area contributed by atoms with Gasteiger partial charge in [-0.25, -0.2) is 0 Å². The number of carbonyl (C=O) groups excluding carboxylic acids is 1. The van der Waals surface area contributed by atoms with Gasteiger partial charge in [0.05, 0.1) is 11.2 Å². The number of nitrogens with zero attached hydrogens (tertiary/aromatic N) is 3. The molecule has 8 heteroatoms. The van der Waals surface area contributed by atoms with E-state index in [1.165, 1.54) is 0 Å². The van der Waals surface area contributed by atoms with Crippen molar-refractivity contribution < 1.29 is 9.90 Å². The van der Waals surface area contributed by atoms with E-state index < -0.39 is 5.91 Å². The molecule has 0 saturated carbocycles. The Balaban J connectivity index is 1.59. The minimum absolute atomic E-state index is 0.136. The highest BCUT2D eigenvalue weighted by Gasteiger charge is 2.13. The Morgan fingerprint density at radius 1 is 1.12 bits per heavy atom.